The van der Waals surface area contributed by atoms with Crippen LogP contribution in [0.15, 0.2) is 16.8 Å². The molecule has 0 saturated carbocycles. The third-order valence-electron chi connectivity index (χ3n) is 0.453. The summed E-state index contributed by atoms with van der Waals surface area (Å²) in [6.45, 7) is 0. The second-order valence-electron chi connectivity index (χ2n) is 1.20. The van der Waals surface area contributed by atoms with Crippen molar-refractivity contribution in [1.29, 1.82) is 0 Å². The number of hydrogen-bond donors (Lipinski definition) is 0. The molecule has 0 aliphatic carbocycles. The van der Waals surface area contributed by atoms with Gasteiger partial charge in [0.2, 0.25) is 11.1 Å². The predicted molar refractivity (Wildman–Crippen MR) is 24.7 cm³/mol. The molecule has 0 aromatic carbocycles. The Labute approximate surface area is 57.6 Å². The van der Waals surface area contributed by atoms with Crippen LogP contribution in [0, 0.1) is 0 Å². The molecule has 0 aromatic heterocycles. The maximum atomic E-state index is 11.5. The lowest BCUT2D eigenvalue weighted by Gasteiger charge is -1.97. The Kier molecular flexibility index (Phi) is 2.87. The monoisotopic (exact) mass is 178 g/mol. The van der Waals surface area contributed by atoms with Crippen molar-refractivity contribution >= 4 is 11.6 Å². The summed E-state index contributed by atoms with van der Waals surface area (Å²) in [7, 11) is 0. The molecule has 0 saturated heterocycles. The first-order valence-corrected chi connectivity index (χ1v) is 2.26. The van der Waals surface area contributed by atoms with Gasteiger partial charge in [-0.15, -0.1) is 0 Å². The molecule has 10 heavy (non-hydrogen) atoms. The SMILES string of the molecule is FC(Cl)=C=C(F)C(F)(F)F. The molecular formula is C4ClF5. The standard InChI is InChI=1S/C4ClF5/c5-3(7)1-2(6)4(8,9)10. The summed E-state index contributed by atoms with van der Waals surface area (Å²) in [5.41, 5.74) is 0.623. The third-order valence-corrected chi connectivity index (χ3v) is 0.548. The fraction of sp³-hybridized carbons (Fsp3) is 0.250. The van der Waals surface area contributed by atoms with Crippen molar-refractivity contribution in [3.8, 4) is 0 Å². The predicted octanol–water partition coefficient (Wildman–Crippen LogP) is 3.05. The Morgan fingerprint density at radius 3 is 1.70 bits per heavy atom. The van der Waals surface area contributed by atoms with E-state index >= 15 is 0 Å². The first-order valence-electron chi connectivity index (χ1n) is 1.88. The van der Waals surface area contributed by atoms with E-state index in [1.165, 1.54) is 0 Å². The second-order valence-corrected chi connectivity index (χ2v) is 1.53. The topological polar surface area (TPSA) is 0 Å². The van der Waals surface area contributed by atoms with E-state index < -0.39 is 17.3 Å². The molecule has 0 aliphatic heterocycles. The van der Waals surface area contributed by atoms with E-state index in [9.17, 15) is 22.0 Å². The van der Waals surface area contributed by atoms with Crippen molar-refractivity contribution < 1.29 is 22.0 Å². The van der Waals surface area contributed by atoms with E-state index in [2.05, 4.69) is 11.6 Å². The lowest BCUT2D eigenvalue weighted by Crippen LogP contribution is -2.06. The number of rotatable bonds is 0. The highest BCUT2D eigenvalue weighted by Gasteiger charge is 2.34. The molecule has 0 N–H and O–H groups in total. The molecule has 0 aliphatic rings. The van der Waals surface area contributed by atoms with Gasteiger partial charge in [-0.1, -0.05) is 0 Å². The number of alkyl halides is 3. The fourth-order valence-electron chi connectivity index (χ4n) is 0.154. The Balaban J connectivity index is 4.69. The molecule has 0 amide bonds. The average molecular weight is 178 g/mol. The Hall–Kier alpha value is -0.540. The van der Waals surface area contributed by atoms with Crippen LogP contribution < -0.4 is 0 Å². The lowest BCUT2D eigenvalue weighted by atomic mass is 10.5. The molecular weight excluding hydrogens is 178 g/mol. The van der Waals surface area contributed by atoms with Crippen molar-refractivity contribution in [2.75, 3.05) is 0 Å². The molecule has 0 aromatic rings. The van der Waals surface area contributed by atoms with Crippen LogP contribution in [0.3, 0.4) is 0 Å². The van der Waals surface area contributed by atoms with Crippen LogP contribution in [0.2, 0.25) is 0 Å². The Bertz CT molecular complexity index is 180. The molecule has 0 bridgehead atoms. The van der Waals surface area contributed by atoms with Crippen LogP contribution in [0.5, 0.6) is 0 Å². The van der Waals surface area contributed by atoms with E-state index in [0.717, 1.165) is 0 Å². The number of hydrogen-bond acceptors (Lipinski definition) is 0. The number of allylic oxidation sites excluding steroid dienone is 1. The second kappa shape index (κ2) is 3.03. The Morgan fingerprint density at radius 1 is 1.20 bits per heavy atom. The molecule has 0 radical (unpaired) electrons. The minimum absolute atomic E-state index is 0.623. The average Bonchev–Trinajstić information content (AvgIpc) is 1.60. The minimum atomic E-state index is -5.22. The minimum Gasteiger partial charge on any atom is -0.192 e. The van der Waals surface area contributed by atoms with E-state index in [-0.39, 0.29) is 0 Å². The van der Waals surface area contributed by atoms with Gasteiger partial charge in [-0.3, -0.25) is 0 Å². The van der Waals surface area contributed by atoms with Crippen molar-refractivity contribution in [3.05, 3.63) is 16.8 Å². The first kappa shape index (κ1) is 9.46. The summed E-state index contributed by atoms with van der Waals surface area (Å²) in [5.74, 6) is -2.68. The maximum absolute atomic E-state index is 11.5. The van der Waals surface area contributed by atoms with Crippen molar-refractivity contribution in [1.82, 2.24) is 0 Å². The molecule has 0 fully saturated rings. The van der Waals surface area contributed by atoms with Crippen LogP contribution in [0.1, 0.15) is 0 Å². The van der Waals surface area contributed by atoms with Crippen molar-refractivity contribution in [2.24, 2.45) is 0 Å². The molecule has 0 rings (SSSR count). The summed E-state index contributed by atoms with van der Waals surface area (Å²) >= 11 is 4.26. The Morgan fingerprint density at radius 2 is 1.60 bits per heavy atom. The summed E-state index contributed by atoms with van der Waals surface area (Å²) in [6.07, 6.45) is -5.22. The highest BCUT2D eigenvalue weighted by atomic mass is 35.5. The van der Waals surface area contributed by atoms with E-state index in [4.69, 9.17) is 0 Å². The van der Waals surface area contributed by atoms with Crippen LogP contribution in [-0.4, -0.2) is 6.18 Å². The fourth-order valence-corrected chi connectivity index (χ4v) is 0.237. The maximum Gasteiger partial charge on any atom is 0.450 e. The van der Waals surface area contributed by atoms with Gasteiger partial charge in [-0.2, -0.15) is 22.0 Å². The van der Waals surface area contributed by atoms with Gasteiger partial charge in [-0.25, -0.2) is 0 Å². The third kappa shape index (κ3) is 3.48. The van der Waals surface area contributed by atoms with Gasteiger partial charge in [0.25, 0.3) is 0 Å². The van der Waals surface area contributed by atoms with Gasteiger partial charge >= 0.3 is 6.18 Å². The largest absolute Gasteiger partial charge is 0.450 e. The zero-order valence-electron chi connectivity index (χ0n) is 4.27. The zero-order chi connectivity index (χ0) is 8.36. The summed E-state index contributed by atoms with van der Waals surface area (Å²) in [4.78, 5) is 0. The summed E-state index contributed by atoms with van der Waals surface area (Å²) < 4.78 is 56.1. The molecule has 0 spiro atoms. The molecule has 58 valence electrons. The summed E-state index contributed by atoms with van der Waals surface area (Å²) in [6, 6.07) is 0. The van der Waals surface area contributed by atoms with Crippen LogP contribution >= 0.6 is 11.6 Å². The lowest BCUT2D eigenvalue weighted by molar-refractivity contribution is -0.108. The van der Waals surface area contributed by atoms with Gasteiger partial charge in [0, 0.05) is 0 Å². The highest BCUT2D eigenvalue weighted by molar-refractivity contribution is 6.28. The van der Waals surface area contributed by atoms with E-state index in [0.29, 0.717) is 5.73 Å². The normalized spacial score (nSPS) is 10.6. The quantitative estimate of drug-likeness (QED) is 0.395. The van der Waals surface area contributed by atoms with E-state index in [1.54, 1.807) is 0 Å². The van der Waals surface area contributed by atoms with E-state index in [1.807, 2.05) is 0 Å². The number of halogens is 6. The molecule has 0 heterocycles. The van der Waals surface area contributed by atoms with Crippen LogP contribution in [0.4, 0.5) is 22.0 Å². The van der Waals surface area contributed by atoms with Gasteiger partial charge in [0.05, 0.1) is 0 Å². The smallest absolute Gasteiger partial charge is 0.192 e. The molecule has 6 heteroatoms. The van der Waals surface area contributed by atoms with Crippen LogP contribution in [0.25, 0.3) is 0 Å². The first-order chi connectivity index (χ1) is 4.34. The van der Waals surface area contributed by atoms with Crippen molar-refractivity contribution in [3.63, 3.8) is 0 Å². The molecule has 0 unspecified atom stereocenters. The zero-order valence-corrected chi connectivity index (χ0v) is 5.02. The van der Waals surface area contributed by atoms with Gasteiger partial charge in [-0.05, 0) is 17.3 Å². The van der Waals surface area contributed by atoms with Gasteiger partial charge < -0.3 is 0 Å². The molecule has 0 atom stereocenters. The van der Waals surface area contributed by atoms with Crippen molar-refractivity contribution in [2.45, 2.75) is 6.18 Å². The van der Waals surface area contributed by atoms with Gasteiger partial charge in [0.1, 0.15) is 0 Å². The molecule has 0 nitrogen and oxygen atoms in total. The summed E-state index contributed by atoms with van der Waals surface area (Å²) in [5, 5.41) is -1.87. The van der Waals surface area contributed by atoms with Crippen LogP contribution in [-0.2, 0) is 0 Å². The highest BCUT2D eigenvalue weighted by Crippen LogP contribution is 2.26. The van der Waals surface area contributed by atoms with Gasteiger partial charge in [0.15, 0.2) is 0 Å².